The van der Waals surface area contributed by atoms with Crippen LogP contribution in [0, 0.1) is 0 Å². The summed E-state index contributed by atoms with van der Waals surface area (Å²) in [5.74, 6) is 0.647. The van der Waals surface area contributed by atoms with Crippen molar-refractivity contribution >= 4 is 11.0 Å². The molecule has 3 heterocycles. The summed E-state index contributed by atoms with van der Waals surface area (Å²) in [5.41, 5.74) is 11.8. The molecule has 0 aliphatic rings. The number of nitrogens with one attached hydrogen (secondary N) is 1. The van der Waals surface area contributed by atoms with Crippen LogP contribution < -0.4 is 5.43 Å². The van der Waals surface area contributed by atoms with Crippen molar-refractivity contribution in [3.8, 4) is 44.9 Å². The topological polar surface area (TPSA) is 63.6 Å². The Kier molecular flexibility index (Phi) is 7.86. The maximum absolute atomic E-state index is 13.7. The second-order valence-corrected chi connectivity index (χ2v) is 15.8. The molecule has 0 atom stereocenters. The van der Waals surface area contributed by atoms with E-state index < -0.39 is 0 Å². The van der Waals surface area contributed by atoms with Gasteiger partial charge in [-0.3, -0.25) is 9.78 Å². The van der Waals surface area contributed by atoms with E-state index in [1.807, 2.05) is 36.1 Å². The van der Waals surface area contributed by atoms with Gasteiger partial charge in [-0.15, -0.1) is 0 Å². The average Bonchev–Trinajstić information content (AvgIpc) is 3.35. The van der Waals surface area contributed by atoms with Gasteiger partial charge in [0.1, 0.15) is 5.82 Å². The summed E-state index contributed by atoms with van der Waals surface area (Å²) in [6.07, 6.45) is 5.42. The first-order chi connectivity index (χ1) is 22.0. The zero-order chi connectivity index (χ0) is 33.9. The molecule has 0 spiro atoms. The lowest BCUT2D eigenvalue weighted by Gasteiger charge is -2.26. The van der Waals surface area contributed by atoms with E-state index in [0.717, 1.165) is 44.5 Å². The van der Waals surface area contributed by atoms with Crippen LogP contribution in [-0.4, -0.2) is 19.5 Å². The number of aromatic nitrogens is 4. The SMILES string of the molecule is Cn1c(-c2c[nH]cc(C(C)(C)C)c2=O)nc2c(-c3cc(-c4cc(C(C)(C)C)cc(C(C)(C)C)c4)cc(-c4ccccn4)c3)cccc21. The van der Waals surface area contributed by atoms with E-state index in [2.05, 4.69) is 128 Å². The lowest BCUT2D eigenvalue weighted by Crippen LogP contribution is -2.24. The standard InChI is InChI=1S/C42H46N4O/c1-40(2,3)30-21-27(22-31(23-30)41(4,5)6)26-18-28(20-29(19-26)35-15-11-12-17-44-35)32-14-13-16-36-37(32)45-39(46(36)10)33-24-43-25-34(38(33)47)42(7,8)9/h11-25H,1-10H3,(H,43,47). The van der Waals surface area contributed by atoms with Crippen LogP contribution in [0.3, 0.4) is 0 Å². The number of imidazole rings is 1. The predicted octanol–water partition coefficient (Wildman–Crippen LogP) is 10.2. The summed E-state index contributed by atoms with van der Waals surface area (Å²) in [4.78, 5) is 26.8. The van der Waals surface area contributed by atoms with Gasteiger partial charge in [0.2, 0.25) is 0 Å². The Hall–Kier alpha value is -4.77. The Labute approximate surface area is 278 Å². The fraction of sp³-hybridized carbons (Fsp3) is 0.310. The highest BCUT2D eigenvalue weighted by molar-refractivity contribution is 5.96. The number of aromatic amines is 1. The average molecular weight is 623 g/mol. The Morgan fingerprint density at radius 3 is 1.89 bits per heavy atom. The molecule has 240 valence electrons. The molecule has 1 N–H and O–H groups in total. The molecule has 6 rings (SSSR count). The van der Waals surface area contributed by atoms with Gasteiger partial charge < -0.3 is 9.55 Å². The first-order valence-corrected chi connectivity index (χ1v) is 16.4. The van der Waals surface area contributed by atoms with Crippen molar-refractivity contribution < 1.29 is 0 Å². The number of para-hydroxylation sites is 1. The second kappa shape index (κ2) is 11.5. The van der Waals surface area contributed by atoms with Crippen molar-refractivity contribution in [2.45, 2.75) is 78.6 Å². The van der Waals surface area contributed by atoms with E-state index in [1.165, 1.54) is 16.7 Å². The van der Waals surface area contributed by atoms with Crippen molar-refractivity contribution in [3.63, 3.8) is 0 Å². The Morgan fingerprint density at radius 2 is 1.28 bits per heavy atom. The zero-order valence-corrected chi connectivity index (χ0v) is 29.4. The van der Waals surface area contributed by atoms with E-state index >= 15 is 0 Å². The van der Waals surface area contributed by atoms with Gasteiger partial charge in [-0.2, -0.15) is 0 Å². The fourth-order valence-corrected chi connectivity index (χ4v) is 6.19. The summed E-state index contributed by atoms with van der Waals surface area (Å²) >= 11 is 0. The van der Waals surface area contributed by atoms with Crippen molar-refractivity contribution in [2.24, 2.45) is 7.05 Å². The van der Waals surface area contributed by atoms with Crippen LogP contribution in [0.25, 0.3) is 55.9 Å². The van der Waals surface area contributed by atoms with Crippen LogP contribution in [-0.2, 0) is 23.3 Å². The number of pyridine rings is 2. The van der Waals surface area contributed by atoms with Gasteiger partial charge in [-0.05, 0) is 80.5 Å². The molecule has 0 amide bonds. The number of aryl methyl sites for hydroxylation is 1. The molecule has 0 bridgehead atoms. The fourth-order valence-electron chi connectivity index (χ4n) is 6.19. The highest BCUT2D eigenvalue weighted by Crippen LogP contribution is 2.39. The third-order valence-electron chi connectivity index (χ3n) is 9.11. The van der Waals surface area contributed by atoms with E-state index in [0.29, 0.717) is 11.4 Å². The minimum Gasteiger partial charge on any atom is -0.366 e. The molecule has 0 saturated heterocycles. The first-order valence-electron chi connectivity index (χ1n) is 16.4. The molecule has 0 radical (unpaired) electrons. The number of hydrogen-bond donors (Lipinski definition) is 1. The highest BCUT2D eigenvalue weighted by Gasteiger charge is 2.24. The molecule has 5 heteroatoms. The van der Waals surface area contributed by atoms with Gasteiger partial charge in [0.05, 0.1) is 22.3 Å². The van der Waals surface area contributed by atoms with Gasteiger partial charge in [-0.1, -0.05) is 98.7 Å². The third kappa shape index (κ3) is 6.19. The number of nitrogens with zero attached hydrogens (tertiary/aromatic N) is 3. The Morgan fingerprint density at radius 1 is 0.638 bits per heavy atom. The van der Waals surface area contributed by atoms with E-state index in [9.17, 15) is 4.79 Å². The van der Waals surface area contributed by atoms with Crippen molar-refractivity contribution in [3.05, 3.63) is 118 Å². The van der Waals surface area contributed by atoms with Crippen molar-refractivity contribution in [1.29, 1.82) is 0 Å². The van der Waals surface area contributed by atoms with Gasteiger partial charge in [0, 0.05) is 42.3 Å². The number of fused-ring (bicyclic) bond motifs is 1. The van der Waals surface area contributed by atoms with Crippen LogP contribution in [0.15, 0.2) is 96.2 Å². The van der Waals surface area contributed by atoms with Crippen molar-refractivity contribution in [1.82, 2.24) is 19.5 Å². The highest BCUT2D eigenvalue weighted by atomic mass is 16.1. The number of rotatable bonds is 4. The minimum absolute atomic E-state index is 0.00373. The van der Waals surface area contributed by atoms with Gasteiger partial charge in [0.15, 0.2) is 5.43 Å². The Balaban J connectivity index is 1.61. The molecule has 0 saturated carbocycles. The van der Waals surface area contributed by atoms with E-state index in [1.54, 1.807) is 6.20 Å². The quantitative estimate of drug-likeness (QED) is 0.213. The third-order valence-corrected chi connectivity index (χ3v) is 9.11. The zero-order valence-electron chi connectivity index (χ0n) is 29.4. The lowest BCUT2D eigenvalue weighted by atomic mass is 9.78. The van der Waals surface area contributed by atoms with Crippen LogP contribution in [0.2, 0.25) is 0 Å². The van der Waals surface area contributed by atoms with Crippen molar-refractivity contribution in [2.75, 3.05) is 0 Å². The Bertz CT molecular complexity index is 2130. The predicted molar refractivity (Wildman–Crippen MR) is 197 cm³/mol. The molecule has 0 fully saturated rings. The van der Waals surface area contributed by atoms with Crippen LogP contribution >= 0.6 is 0 Å². The molecular weight excluding hydrogens is 576 g/mol. The molecular formula is C42H46N4O. The second-order valence-electron chi connectivity index (χ2n) is 15.8. The molecule has 3 aromatic heterocycles. The monoisotopic (exact) mass is 622 g/mol. The van der Waals surface area contributed by atoms with Gasteiger partial charge >= 0.3 is 0 Å². The summed E-state index contributed by atoms with van der Waals surface area (Å²) in [5, 5.41) is 0. The van der Waals surface area contributed by atoms with Crippen LogP contribution in [0.1, 0.15) is 79.0 Å². The minimum atomic E-state index is -0.293. The normalized spacial score (nSPS) is 12.6. The summed E-state index contributed by atoms with van der Waals surface area (Å²) < 4.78 is 2.03. The summed E-state index contributed by atoms with van der Waals surface area (Å²) in [6, 6.07) is 26.1. The lowest BCUT2D eigenvalue weighted by molar-refractivity contribution is 0.569. The summed E-state index contributed by atoms with van der Waals surface area (Å²) in [6.45, 7) is 19.8. The van der Waals surface area contributed by atoms with E-state index in [-0.39, 0.29) is 21.7 Å². The molecule has 0 aliphatic heterocycles. The molecule has 3 aromatic carbocycles. The van der Waals surface area contributed by atoms with E-state index in [4.69, 9.17) is 9.97 Å². The maximum atomic E-state index is 13.7. The van der Waals surface area contributed by atoms with Gasteiger partial charge in [-0.25, -0.2) is 4.98 Å². The van der Waals surface area contributed by atoms with Crippen LogP contribution in [0.5, 0.6) is 0 Å². The molecule has 47 heavy (non-hydrogen) atoms. The van der Waals surface area contributed by atoms with Gasteiger partial charge in [0.25, 0.3) is 0 Å². The molecule has 6 aromatic rings. The van der Waals surface area contributed by atoms with Crippen LogP contribution in [0.4, 0.5) is 0 Å². The molecule has 5 nitrogen and oxygen atoms in total. The molecule has 0 unspecified atom stereocenters. The first kappa shape index (κ1) is 32.2. The number of H-pyrrole nitrogens is 1. The summed E-state index contributed by atoms with van der Waals surface area (Å²) in [7, 11) is 1.99. The molecule has 0 aliphatic carbocycles. The maximum Gasteiger partial charge on any atom is 0.196 e. The number of hydrogen-bond acceptors (Lipinski definition) is 3. The largest absolute Gasteiger partial charge is 0.366 e. The number of benzene rings is 3. The smallest absolute Gasteiger partial charge is 0.196 e.